The zero-order valence-electron chi connectivity index (χ0n) is 13.9. The van der Waals surface area contributed by atoms with E-state index in [1.807, 2.05) is 0 Å². The molecule has 0 bridgehead atoms. The summed E-state index contributed by atoms with van der Waals surface area (Å²) >= 11 is 0. The summed E-state index contributed by atoms with van der Waals surface area (Å²) in [6.45, 7) is 1.09. The van der Waals surface area contributed by atoms with Crippen molar-refractivity contribution >= 4 is 21.6 Å². The number of fused-ring (bicyclic) bond motifs is 1. The van der Waals surface area contributed by atoms with Crippen molar-refractivity contribution in [3.05, 3.63) is 42.0 Å². The van der Waals surface area contributed by atoms with Gasteiger partial charge in [0.05, 0.1) is 4.90 Å². The number of carbonyl (C=O) groups excluding carboxylic acids is 1. The molecular weight excluding hydrogens is 338 g/mol. The maximum Gasteiger partial charge on any atom is 0.271 e. The van der Waals surface area contributed by atoms with Crippen LogP contribution in [0.4, 0.5) is 0 Å². The molecule has 0 unspecified atom stereocenters. The van der Waals surface area contributed by atoms with Gasteiger partial charge in [-0.15, -0.1) is 0 Å². The number of sulfonamides is 1. The fourth-order valence-electron chi connectivity index (χ4n) is 3.73. The lowest BCUT2D eigenvalue weighted by Crippen LogP contribution is -2.35. The number of nitrogens with one attached hydrogen (secondary N) is 1. The first kappa shape index (κ1) is 16.5. The highest BCUT2D eigenvalue weighted by molar-refractivity contribution is 7.89. The van der Waals surface area contributed by atoms with Gasteiger partial charge in [0.15, 0.2) is 0 Å². The summed E-state index contributed by atoms with van der Waals surface area (Å²) in [6, 6.07) is 6.19. The molecule has 132 valence electrons. The van der Waals surface area contributed by atoms with Crippen molar-refractivity contribution in [3.8, 4) is 0 Å². The van der Waals surface area contributed by atoms with Gasteiger partial charge >= 0.3 is 0 Å². The number of carbonyl (C=O) groups is 1. The third kappa shape index (κ3) is 3.02. The number of allylic oxidation sites excluding steroid dienone is 2. The Balaban J connectivity index is 1.47. The van der Waals surface area contributed by atoms with Crippen molar-refractivity contribution in [1.29, 1.82) is 0 Å². The fraction of sp³-hybridized carbons (Fsp3) is 0.444. The van der Waals surface area contributed by atoms with E-state index in [4.69, 9.17) is 0 Å². The first-order valence-electron chi connectivity index (χ1n) is 8.69. The van der Waals surface area contributed by atoms with E-state index in [9.17, 15) is 13.2 Å². The number of hydrogen-bond acceptors (Lipinski definition) is 4. The molecule has 0 radical (unpaired) electrons. The molecule has 1 aliphatic heterocycles. The van der Waals surface area contributed by atoms with E-state index in [1.165, 1.54) is 16.4 Å². The molecule has 1 saturated heterocycles. The average Bonchev–Trinajstić information content (AvgIpc) is 3.26. The summed E-state index contributed by atoms with van der Waals surface area (Å²) in [5.74, 6) is 0.632. The molecule has 1 heterocycles. The Morgan fingerprint density at radius 3 is 2.80 bits per heavy atom. The SMILES string of the molecule is O=C(N/N=C1/C[C@@H]2C=CC[C@H]12)c1cccc(S(=O)(=O)N2CCCC2)c1. The summed E-state index contributed by atoms with van der Waals surface area (Å²) in [4.78, 5) is 12.5. The quantitative estimate of drug-likeness (QED) is 0.661. The third-order valence-electron chi connectivity index (χ3n) is 5.26. The zero-order valence-corrected chi connectivity index (χ0v) is 14.7. The Kier molecular flexibility index (Phi) is 4.21. The molecule has 1 amide bonds. The largest absolute Gasteiger partial charge is 0.271 e. The van der Waals surface area contributed by atoms with Gasteiger partial charge in [-0.2, -0.15) is 9.41 Å². The Labute approximate surface area is 147 Å². The standard InChI is InChI=1S/C18H21N3O3S/c22-18(20-19-17-12-13-5-4-8-16(13)17)14-6-3-7-15(11-14)25(23,24)21-9-1-2-10-21/h3-7,11,13,16H,1-2,8-10,12H2,(H,20,22)/b19-17-/t13-,16-/m0/s1. The number of nitrogens with zero attached hydrogens (tertiary/aromatic N) is 2. The minimum Gasteiger partial charge on any atom is -0.267 e. The molecule has 7 heteroatoms. The number of hydrazone groups is 1. The van der Waals surface area contributed by atoms with Crippen molar-refractivity contribution in [1.82, 2.24) is 9.73 Å². The van der Waals surface area contributed by atoms with E-state index in [2.05, 4.69) is 22.7 Å². The molecule has 2 fully saturated rings. The molecule has 6 nitrogen and oxygen atoms in total. The van der Waals surface area contributed by atoms with Gasteiger partial charge in [0, 0.05) is 30.3 Å². The van der Waals surface area contributed by atoms with Gasteiger partial charge in [0.25, 0.3) is 5.91 Å². The number of rotatable bonds is 4. The summed E-state index contributed by atoms with van der Waals surface area (Å²) in [5, 5.41) is 4.23. The van der Waals surface area contributed by atoms with Crippen LogP contribution in [0.15, 0.2) is 46.4 Å². The Bertz CT molecular complexity index is 854. The van der Waals surface area contributed by atoms with E-state index < -0.39 is 10.0 Å². The van der Waals surface area contributed by atoms with Gasteiger partial charge in [-0.05, 0) is 49.8 Å². The van der Waals surface area contributed by atoms with E-state index >= 15 is 0 Å². The molecule has 2 aliphatic carbocycles. The van der Waals surface area contributed by atoms with E-state index in [0.29, 0.717) is 30.5 Å². The summed E-state index contributed by atoms with van der Waals surface area (Å²) in [5.41, 5.74) is 3.90. The first-order chi connectivity index (χ1) is 12.1. The van der Waals surface area contributed by atoms with Crippen LogP contribution in [0.2, 0.25) is 0 Å². The maximum atomic E-state index is 12.6. The molecule has 3 aliphatic rings. The molecule has 4 rings (SSSR count). The second kappa shape index (κ2) is 6.38. The molecular formula is C18H21N3O3S. The fourth-order valence-corrected chi connectivity index (χ4v) is 5.29. The summed E-state index contributed by atoms with van der Waals surface area (Å²) < 4.78 is 26.7. The van der Waals surface area contributed by atoms with E-state index in [1.54, 1.807) is 12.1 Å². The lowest BCUT2D eigenvalue weighted by molar-refractivity contribution is 0.0953. The van der Waals surface area contributed by atoms with Gasteiger partial charge in [-0.3, -0.25) is 4.79 Å². The molecule has 1 N–H and O–H groups in total. The Hall–Kier alpha value is -1.99. The van der Waals surface area contributed by atoms with Gasteiger partial charge in [0.2, 0.25) is 10.0 Å². The predicted molar refractivity (Wildman–Crippen MR) is 94.7 cm³/mol. The topological polar surface area (TPSA) is 78.8 Å². The lowest BCUT2D eigenvalue weighted by atomic mass is 9.74. The van der Waals surface area contributed by atoms with Crippen LogP contribution in [0.3, 0.4) is 0 Å². The van der Waals surface area contributed by atoms with Crippen LogP contribution >= 0.6 is 0 Å². The molecule has 2 atom stereocenters. The van der Waals surface area contributed by atoms with Gasteiger partial charge in [-0.1, -0.05) is 18.2 Å². The molecule has 0 aromatic heterocycles. The highest BCUT2D eigenvalue weighted by Gasteiger charge is 2.38. The van der Waals surface area contributed by atoms with Crippen molar-refractivity contribution < 1.29 is 13.2 Å². The van der Waals surface area contributed by atoms with Crippen LogP contribution in [-0.4, -0.2) is 37.4 Å². The minimum absolute atomic E-state index is 0.165. The highest BCUT2D eigenvalue weighted by atomic mass is 32.2. The Morgan fingerprint density at radius 1 is 1.24 bits per heavy atom. The van der Waals surface area contributed by atoms with Gasteiger partial charge < -0.3 is 0 Å². The van der Waals surface area contributed by atoms with Crippen molar-refractivity contribution in [2.24, 2.45) is 16.9 Å². The second-order valence-corrected chi connectivity index (χ2v) is 8.76. The number of amides is 1. The van der Waals surface area contributed by atoms with E-state index in [-0.39, 0.29) is 10.8 Å². The van der Waals surface area contributed by atoms with Crippen LogP contribution < -0.4 is 5.43 Å². The lowest BCUT2D eigenvalue weighted by Gasteiger charge is -2.31. The minimum atomic E-state index is -3.52. The maximum absolute atomic E-state index is 12.6. The van der Waals surface area contributed by atoms with Gasteiger partial charge in [0.1, 0.15) is 0 Å². The molecule has 1 aromatic rings. The third-order valence-corrected chi connectivity index (χ3v) is 7.16. The van der Waals surface area contributed by atoms with Crippen LogP contribution in [0, 0.1) is 11.8 Å². The Morgan fingerprint density at radius 2 is 2.04 bits per heavy atom. The van der Waals surface area contributed by atoms with Crippen molar-refractivity contribution in [2.75, 3.05) is 13.1 Å². The number of benzene rings is 1. The van der Waals surface area contributed by atoms with E-state index in [0.717, 1.165) is 31.4 Å². The number of hydrogen-bond donors (Lipinski definition) is 1. The summed E-state index contributed by atoms with van der Waals surface area (Å²) in [6.07, 6.45) is 8.01. The van der Waals surface area contributed by atoms with Crippen LogP contribution in [0.1, 0.15) is 36.0 Å². The van der Waals surface area contributed by atoms with Crippen LogP contribution in [0.25, 0.3) is 0 Å². The molecule has 0 spiro atoms. The first-order valence-corrected chi connectivity index (χ1v) is 10.1. The predicted octanol–water partition coefficient (Wildman–Crippen LogP) is 2.15. The van der Waals surface area contributed by atoms with Gasteiger partial charge in [-0.25, -0.2) is 13.8 Å². The molecule has 1 aromatic carbocycles. The zero-order chi connectivity index (χ0) is 17.4. The van der Waals surface area contributed by atoms with Crippen LogP contribution in [-0.2, 0) is 10.0 Å². The normalized spacial score (nSPS) is 27.3. The molecule has 1 saturated carbocycles. The molecule has 25 heavy (non-hydrogen) atoms. The average molecular weight is 359 g/mol. The monoisotopic (exact) mass is 359 g/mol. The highest BCUT2D eigenvalue weighted by Crippen LogP contribution is 2.40. The van der Waals surface area contributed by atoms with Crippen molar-refractivity contribution in [2.45, 2.75) is 30.6 Å². The summed E-state index contributed by atoms with van der Waals surface area (Å²) in [7, 11) is -3.52. The van der Waals surface area contributed by atoms with Crippen LogP contribution in [0.5, 0.6) is 0 Å². The second-order valence-electron chi connectivity index (χ2n) is 6.82. The van der Waals surface area contributed by atoms with Crippen molar-refractivity contribution in [3.63, 3.8) is 0 Å². The smallest absolute Gasteiger partial charge is 0.267 e.